The molecule has 2 heterocycles. The van der Waals surface area contributed by atoms with Crippen molar-refractivity contribution >= 4 is 12.0 Å². The van der Waals surface area contributed by atoms with Gasteiger partial charge in [-0.05, 0) is 67.7 Å². The van der Waals surface area contributed by atoms with E-state index < -0.39 is 0 Å². The number of rotatable bonds is 5. The largest absolute Gasteiger partial charge is 0.495 e. The highest BCUT2D eigenvalue weighted by atomic mass is 19.1. The molecule has 3 aromatic rings. The molecular weight excluding hydrogens is 393 g/mol. The van der Waals surface area contributed by atoms with E-state index in [0.29, 0.717) is 18.8 Å². The Kier molecular flexibility index (Phi) is 6.16. The summed E-state index contributed by atoms with van der Waals surface area (Å²) in [7, 11) is 1.64. The van der Waals surface area contributed by atoms with E-state index in [0.717, 1.165) is 47.3 Å². The van der Waals surface area contributed by atoms with E-state index in [1.807, 2.05) is 52.9 Å². The lowest BCUT2D eigenvalue weighted by Crippen LogP contribution is -2.30. The van der Waals surface area contributed by atoms with E-state index in [-0.39, 0.29) is 11.7 Å². The third kappa shape index (κ3) is 4.85. The lowest BCUT2D eigenvalue weighted by atomic mass is 10.0. The molecule has 1 fully saturated rings. The minimum atomic E-state index is -0.282. The number of amides is 1. The molecule has 1 amide bonds. The van der Waals surface area contributed by atoms with Crippen molar-refractivity contribution in [1.29, 1.82) is 0 Å². The number of aryl methyl sites for hydroxylation is 1. The third-order valence-corrected chi connectivity index (χ3v) is 5.48. The number of hydrogen-bond acceptors (Lipinski definition) is 3. The molecule has 1 aliphatic heterocycles. The number of carbonyl (C=O) groups is 1. The van der Waals surface area contributed by atoms with Crippen molar-refractivity contribution in [3.05, 3.63) is 83.2 Å². The van der Waals surface area contributed by atoms with Gasteiger partial charge in [-0.1, -0.05) is 18.2 Å². The molecule has 0 N–H and O–H groups in total. The van der Waals surface area contributed by atoms with Gasteiger partial charge in [0.2, 0.25) is 5.91 Å². The van der Waals surface area contributed by atoms with Crippen LogP contribution in [0.4, 0.5) is 4.39 Å². The fourth-order valence-electron chi connectivity index (χ4n) is 3.92. The summed E-state index contributed by atoms with van der Waals surface area (Å²) >= 11 is 0. The van der Waals surface area contributed by atoms with E-state index in [1.54, 1.807) is 19.5 Å². The molecule has 5 nitrogen and oxygen atoms in total. The van der Waals surface area contributed by atoms with Crippen LogP contribution in [0.3, 0.4) is 0 Å². The molecule has 0 atom stereocenters. The van der Waals surface area contributed by atoms with Gasteiger partial charge in [0.25, 0.3) is 0 Å². The minimum Gasteiger partial charge on any atom is -0.495 e. The predicted molar refractivity (Wildman–Crippen MR) is 118 cm³/mol. The first-order valence-corrected chi connectivity index (χ1v) is 10.5. The summed E-state index contributed by atoms with van der Waals surface area (Å²) in [5.41, 5.74) is 4.30. The topological polar surface area (TPSA) is 47.4 Å². The quantitative estimate of drug-likeness (QED) is 0.551. The van der Waals surface area contributed by atoms with Crippen LogP contribution >= 0.6 is 0 Å². The van der Waals surface area contributed by atoms with Crippen molar-refractivity contribution in [2.24, 2.45) is 0 Å². The lowest BCUT2D eigenvalue weighted by Gasteiger charge is -2.21. The number of halogens is 1. The Bertz CT molecular complexity index is 1120. The second-order valence-electron chi connectivity index (χ2n) is 7.84. The lowest BCUT2D eigenvalue weighted by molar-refractivity contribution is -0.127. The molecule has 0 bridgehead atoms. The van der Waals surface area contributed by atoms with Crippen LogP contribution in [0.1, 0.15) is 36.1 Å². The van der Waals surface area contributed by atoms with Crippen molar-refractivity contribution in [2.45, 2.75) is 32.7 Å². The SMILES string of the molecule is COc1cc(/C=C2\CCCCN(Cc3cccc(F)c3)C2=O)ccc1-n1cnc(C)c1. The number of carbonyl (C=O) groups excluding carboxylic acids is 1. The normalized spacial score (nSPS) is 15.9. The molecule has 2 aromatic carbocycles. The highest BCUT2D eigenvalue weighted by Gasteiger charge is 2.22. The molecule has 1 aromatic heterocycles. The van der Waals surface area contributed by atoms with Crippen molar-refractivity contribution < 1.29 is 13.9 Å². The van der Waals surface area contributed by atoms with E-state index >= 15 is 0 Å². The van der Waals surface area contributed by atoms with E-state index in [2.05, 4.69) is 4.98 Å². The number of likely N-dealkylation sites (tertiary alicyclic amines) is 1. The molecule has 6 heteroatoms. The number of hydrogen-bond donors (Lipinski definition) is 0. The molecular formula is C25H26FN3O2. The number of imidazole rings is 1. The van der Waals surface area contributed by atoms with Crippen LogP contribution in [0.15, 0.2) is 60.6 Å². The van der Waals surface area contributed by atoms with E-state index in [4.69, 9.17) is 4.74 Å². The van der Waals surface area contributed by atoms with Gasteiger partial charge in [-0.25, -0.2) is 9.37 Å². The highest BCUT2D eigenvalue weighted by molar-refractivity contribution is 5.98. The number of ether oxygens (including phenoxy) is 1. The molecule has 0 saturated carbocycles. The zero-order valence-electron chi connectivity index (χ0n) is 17.8. The number of methoxy groups -OCH3 is 1. The van der Waals surface area contributed by atoms with Crippen LogP contribution < -0.4 is 4.74 Å². The summed E-state index contributed by atoms with van der Waals surface area (Å²) in [5.74, 6) is 0.440. The first kappa shape index (κ1) is 20.8. The fraction of sp³-hybridized carbons (Fsp3) is 0.280. The maximum Gasteiger partial charge on any atom is 0.250 e. The second-order valence-corrected chi connectivity index (χ2v) is 7.84. The van der Waals surface area contributed by atoms with Crippen LogP contribution in [-0.4, -0.2) is 34.0 Å². The average molecular weight is 420 g/mol. The Hall–Kier alpha value is -3.41. The summed E-state index contributed by atoms with van der Waals surface area (Å²) in [6.07, 6.45) is 8.24. The molecule has 1 aliphatic rings. The predicted octanol–water partition coefficient (Wildman–Crippen LogP) is 4.92. The van der Waals surface area contributed by atoms with Crippen LogP contribution in [0.2, 0.25) is 0 Å². The van der Waals surface area contributed by atoms with Gasteiger partial charge in [-0.15, -0.1) is 0 Å². The standard InChI is InChI=1S/C25H26FN3O2/c1-18-15-29(17-27-18)23-10-9-19(14-24(23)31-2)12-21-7-3-4-11-28(25(21)30)16-20-6-5-8-22(26)13-20/h5-6,8-10,12-15,17H,3-4,7,11,16H2,1-2H3/b21-12+. The molecule has 0 radical (unpaired) electrons. The molecule has 0 aliphatic carbocycles. The number of nitrogens with zero attached hydrogens (tertiary/aromatic N) is 3. The summed E-state index contributed by atoms with van der Waals surface area (Å²) in [6.45, 7) is 3.03. The summed E-state index contributed by atoms with van der Waals surface area (Å²) < 4.78 is 21.1. The van der Waals surface area contributed by atoms with E-state index in [9.17, 15) is 9.18 Å². The van der Waals surface area contributed by atoms with E-state index in [1.165, 1.54) is 12.1 Å². The zero-order chi connectivity index (χ0) is 21.8. The Morgan fingerprint density at radius 1 is 1.19 bits per heavy atom. The smallest absolute Gasteiger partial charge is 0.250 e. The Labute approximate surface area is 181 Å². The average Bonchev–Trinajstić information content (AvgIpc) is 3.13. The van der Waals surface area contributed by atoms with Gasteiger partial charge < -0.3 is 14.2 Å². The third-order valence-electron chi connectivity index (χ3n) is 5.48. The first-order chi connectivity index (χ1) is 15.0. The van der Waals surface area contributed by atoms with Crippen molar-refractivity contribution in [3.63, 3.8) is 0 Å². The zero-order valence-corrected chi connectivity index (χ0v) is 17.8. The Morgan fingerprint density at radius 2 is 2.06 bits per heavy atom. The summed E-state index contributed by atoms with van der Waals surface area (Å²) in [4.78, 5) is 19.3. The molecule has 4 rings (SSSR count). The van der Waals surface area contributed by atoms with Gasteiger partial charge in [0.15, 0.2) is 0 Å². The molecule has 31 heavy (non-hydrogen) atoms. The molecule has 0 spiro atoms. The Morgan fingerprint density at radius 3 is 2.81 bits per heavy atom. The van der Waals surface area contributed by atoms with Crippen LogP contribution in [0, 0.1) is 12.7 Å². The molecule has 160 valence electrons. The van der Waals surface area contributed by atoms with Crippen molar-refractivity contribution in [2.75, 3.05) is 13.7 Å². The number of aromatic nitrogens is 2. The second kappa shape index (κ2) is 9.16. The molecule has 1 saturated heterocycles. The first-order valence-electron chi connectivity index (χ1n) is 10.5. The van der Waals surface area contributed by atoms with Gasteiger partial charge in [-0.3, -0.25) is 4.79 Å². The van der Waals surface area contributed by atoms with Gasteiger partial charge in [0, 0.05) is 24.9 Å². The number of benzene rings is 2. The van der Waals surface area contributed by atoms with Crippen molar-refractivity contribution in [1.82, 2.24) is 14.5 Å². The van der Waals surface area contributed by atoms with Crippen molar-refractivity contribution in [3.8, 4) is 11.4 Å². The Balaban J connectivity index is 1.59. The maximum atomic E-state index is 13.6. The van der Waals surface area contributed by atoms with Crippen LogP contribution in [0.5, 0.6) is 5.75 Å². The van der Waals surface area contributed by atoms with Gasteiger partial charge in [-0.2, -0.15) is 0 Å². The maximum absolute atomic E-state index is 13.6. The minimum absolute atomic E-state index is 0.00930. The van der Waals surface area contributed by atoms with Crippen LogP contribution in [-0.2, 0) is 11.3 Å². The summed E-state index contributed by atoms with van der Waals surface area (Å²) in [5, 5.41) is 0. The molecule has 0 unspecified atom stereocenters. The van der Waals surface area contributed by atoms with Gasteiger partial charge in [0.05, 0.1) is 24.8 Å². The summed E-state index contributed by atoms with van der Waals surface area (Å²) in [6, 6.07) is 12.3. The highest BCUT2D eigenvalue weighted by Crippen LogP contribution is 2.27. The fourth-order valence-corrected chi connectivity index (χ4v) is 3.92. The monoisotopic (exact) mass is 419 g/mol. The van der Waals surface area contributed by atoms with Gasteiger partial charge in [0.1, 0.15) is 11.6 Å². The van der Waals surface area contributed by atoms with Gasteiger partial charge >= 0.3 is 0 Å². The van der Waals surface area contributed by atoms with Crippen LogP contribution in [0.25, 0.3) is 11.8 Å².